The number of fused-ring (bicyclic) bond motifs is 1. The van der Waals surface area contributed by atoms with E-state index in [4.69, 9.17) is 20.1 Å². The van der Waals surface area contributed by atoms with Crippen molar-refractivity contribution in [2.45, 2.75) is 6.92 Å². The van der Waals surface area contributed by atoms with Gasteiger partial charge in [-0.2, -0.15) is 5.10 Å². The summed E-state index contributed by atoms with van der Waals surface area (Å²) in [5.41, 5.74) is 0.905. The van der Waals surface area contributed by atoms with Crippen LogP contribution in [-0.4, -0.2) is 43.2 Å². The first-order valence-electron chi connectivity index (χ1n) is 8.97. The minimum atomic E-state index is -0.774. The van der Waals surface area contributed by atoms with E-state index in [1.807, 2.05) is 0 Å². The summed E-state index contributed by atoms with van der Waals surface area (Å²) >= 11 is 0. The van der Waals surface area contributed by atoms with Crippen molar-refractivity contribution >= 4 is 16.5 Å². The Morgan fingerprint density at radius 1 is 1.20 bits per heavy atom. The van der Waals surface area contributed by atoms with Crippen molar-refractivity contribution in [1.29, 1.82) is 0 Å². The third kappa shape index (κ3) is 3.84. The first-order valence-corrected chi connectivity index (χ1v) is 8.97. The number of halogens is 2. The van der Waals surface area contributed by atoms with Crippen LogP contribution in [0.2, 0.25) is 0 Å². The molecule has 158 valence electrons. The van der Waals surface area contributed by atoms with Crippen LogP contribution in [0.15, 0.2) is 35.6 Å². The Morgan fingerprint density at radius 3 is 2.60 bits per heavy atom. The summed E-state index contributed by atoms with van der Waals surface area (Å²) in [6.45, 7) is 2.10. The van der Waals surface area contributed by atoms with Crippen LogP contribution >= 0.6 is 0 Å². The quantitative estimate of drug-likeness (QED) is 0.264. The standard InChI is InChI=1S/C21H21F2N3O4/c1-11(26-24)15-10-25-20(13-5-4-12(27)8-16(13)22)18-14(15)9-17(30-7-6-28-2)21(29-3)19(18)23/h4-5,8-10,27H,6-7,24H2,1-3H3/b26-11-. The van der Waals surface area contributed by atoms with Crippen LogP contribution in [0.5, 0.6) is 17.2 Å². The maximum atomic E-state index is 15.6. The lowest BCUT2D eigenvalue weighted by molar-refractivity contribution is 0.144. The summed E-state index contributed by atoms with van der Waals surface area (Å²) in [4.78, 5) is 4.26. The van der Waals surface area contributed by atoms with E-state index in [1.54, 1.807) is 13.0 Å². The fourth-order valence-corrected chi connectivity index (χ4v) is 3.11. The Hall–Kier alpha value is -3.46. The lowest BCUT2D eigenvalue weighted by atomic mass is 9.97. The number of aromatic hydroxyl groups is 1. The molecule has 0 unspecified atom stereocenters. The second kappa shape index (κ2) is 8.91. The molecular formula is C21H21F2N3O4. The number of hydrogen-bond donors (Lipinski definition) is 2. The highest BCUT2D eigenvalue weighted by Crippen LogP contribution is 2.41. The van der Waals surface area contributed by atoms with Crippen molar-refractivity contribution in [3.05, 3.63) is 47.7 Å². The summed E-state index contributed by atoms with van der Waals surface area (Å²) < 4.78 is 46.0. The predicted octanol–water partition coefficient (Wildman–Crippen LogP) is 3.60. The third-order valence-corrected chi connectivity index (χ3v) is 4.58. The van der Waals surface area contributed by atoms with Crippen LogP contribution in [0.3, 0.4) is 0 Å². The minimum Gasteiger partial charge on any atom is -0.508 e. The Bertz CT molecular complexity index is 1120. The highest BCUT2D eigenvalue weighted by atomic mass is 19.1. The van der Waals surface area contributed by atoms with Crippen molar-refractivity contribution in [2.75, 3.05) is 27.4 Å². The highest BCUT2D eigenvalue weighted by Gasteiger charge is 2.23. The van der Waals surface area contributed by atoms with Gasteiger partial charge in [-0.05, 0) is 25.1 Å². The fourth-order valence-electron chi connectivity index (χ4n) is 3.11. The Morgan fingerprint density at radius 2 is 1.97 bits per heavy atom. The van der Waals surface area contributed by atoms with E-state index in [-0.39, 0.29) is 40.5 Å². The molecule has 1 heterocycles. The first-order chi connectivity index (χ1) is 14.4. The van der Waals surface area contributed by atoms with E-state index < -0.39 is 11.6 Å². The lowest BCUT2D eigenvalue weighted by Gasteiger charge is -2.17. The number of benzene rings is 2. The molecule has 0 aliphatic heterocycles. The molecule has 30 heavy (non-hydrogen) atoms. The number of ether oxygens (including phenoxy) is 3. The van der Waals surface area contributed by atoms with Crippen LogP contribution in [-0.2, 0) is 4.74 Å². The van der Waals surface area contributed by atoms with Gasteiger partial charge < -0.3 is 25.2 Å². The molecule has 3 N–H and O–H groups in total. The van der Waals surface area contributed by atoms with Gasteiger partial charge in [-0.1, -0.05) is 0 Å². The van der Waals surface area contributed by atoms with Gasteiger partial charge in [0.15, 0.2) is 17.3 Å². The molecule has 0 fully saturated rings. The fraction of sp³-hybridized carbons (Fsp3) is 0.238. The van der Waals surface area contributed by atoms with E-state index in [9.17, 15) is 9.50 Å². The van der Waals surface area contributed by atoms with Gasteiger partial charge in [0.1, 0.15) is 18.2 Å². The Balaban J connectivity index is 2.37. The molecule has 3 rings (SSSR count). The van der Waals surface area contributed by atoms with Gasteiger partial charge in [0.05, 0.1) is 25.1 Å². The maximum Gasteiger partial charge on any atom is 0.197 e. The van der Waals surface area contributed by atoms with E-state index in [1.165, 1.54) is 32.5 Å². The van der Waals surface area contributed by atoms with E-state index in [0.29, 0.717) is 23.3 Å². The molecule has 0 spiro atoms. The van der Waals surface area contributed by atoms with Crippen molar-refractivity contribution in [3.8, 4) is 28.5 Å². The van der Waals surface area contributed by atoms with Gasteiger partial charge in [0.25, 0.3) is 0 Å². The van der Waals surface area contributed by atoms with Gasteiger partial charge in [0.2, 0.25) is 0 Å². The van der Waals surface area contributed by atoms with Crippen LogP contribution in [0.25, 0.3) is 22.0 Å². The number of phenols is 1. The number of hydrazone groups is 1. The molecule has 1 aromatic heterocycles. The van der Waals surface area contributed by atoms with Crippen LogP contribution in [0.4, 0.5) is 8.78 Å². The number of aromatic nitrogens is 1. The average Bonchev–Trinajstić information content (AvgIpc) is 2.73. The minimum absolute atomic E-state index is 0.0102. The first kappa shape index (κ1) is 21.3. The number of rotatable bonds is 7. The zero-order chi connectivity index (χ0) is 21.8. The summed E-state index contributed by atoms with van der Waals surface area (Å²) in [6.07, 6.45) is 1.43. The predicted molar refractivity (Wildman–Crippen MR) is 109 cm³/mol. The largest absolute Gasteiger partial charge is 0.508 e. The number of methoxy groups -OCH3 is 2. The highest BCUT2D eigenvalue weighted by molar-refractivity contribution is 6.12. The number of hydrogen-bond acceptors (Lipinski definition) is 7. The molecule has 0 radical (unpaired) electrons. The summed E-state index contributed by atoms with van der Waals surface area (Å²) in [6, 6.07) is 5.12. The van der Waals surface area contributed by atoms with E-state index >= 15 is 4.39 Å². The monoisotopic (exact) mass is 417 g/mol. The normalized spacial score (nSPS) is 11.7. The van der Waals surface area contributed by atoms with Crippen LogP contribution < -0.4 is 15.3 Å². The number of nitrogens with zero attached hydrogens (tertiary/aromatic N) is 2. The zero-order valence-electron chi connectivity index (χ0n) is 16.7. The summed E-state index contributed by atoms with van der Waals surface area (Å²) in [5.74, 6) is 3.64. The molecule has 0 amide bonds. The molecule has 0 saturated heterocycles. The molecular weight excluding hydrogens is 396 g/mol. The van der Waals surface area contributed by atoms with Gasteiger partial charge in [-0.15, -0.1) is 0 Å². The summed E-state index contributed by atoms with van der Waals surface area (Å²) in [7, 11) is 2.82. The molecule has 7 nitrogen and oxygen atoms in total. The van der Waals surface area contributed by atoms with Crippen molar-refractivity contribution in [2.24, 2.45) is 10.9 Å². The van der Waals surface area contributed by atoms with Gasteiger partial charge in [-0.3, -0.25) is 4.98 Å². The third-order valence-electron chi connectivity index (χ3n) is 4.58. The van der Waals surface area contributed by atoms with E-state index in [2.05, 4.69) is 10.1 Å². The van der Waals surface area contributed by atoms with Crippen molar-refractivity contribution in [3.63, 3.8) is 0 Å². The second-order valence-corrected chi connectivity index (χ2v) is 6.38. The number of nitrogens with two attached hydrogens (primary N) is 1. The topological polar surface area (TPSA) is 99.2 Å². The van der Waals surface area contributed by atoms with Crippen LogP contribution in [0, 0.1) is 11.6 Å². The number of phenolic OH excluding ortho intramolecular Hbond substituents is 1. The van der Waals surface area contributed by atoms with Crippen molar-refractivity contribution < 1.29 is 28.1 Å². The summed E-state index contributed by atoms with van der Waals surface area (Å²) in [5, 5.41) is 13.6. The smallest absolute Gasteiger partial charge is 0.197 e. The molecule has 0 saturated carbocycles. The lowest BCUT2D eigenvalue weighted by Crippen LogP contribution is -2.08. The molecule has 2 aromatic carbocycles. The molecule has 9 heteroatoms. The Labute approximate surface area is 171 Å². The molecule has 3 aromatic rings. The molecule has 0 atom stereocenters. The zero-order valence-corrected chi connectivity index (χ0v) is 16.7. The second-order valence-electron chi connectivity index (χ2n) is 6.38. The van der Waals surface area contributed by atoms with Gasteiger partial charge in [0, 0.05) is 41.3 Å². The Kier molecular flexibility index (Phi) is 6.31. The van der Waals surface area contributed by atoms with Gasteiger partial charge >= 0.3 is 0 Å². The average molecular weight is 417 g/mol. The maximum absolute atomic E-state index is 15.6. The van der Waals surface area contributed by atoms with Crippen molar-refractivity contribution in [1.82, 2.24) is 4.98 Å². The van der Waals surface area contributed by atoms with E-state index in [0.717, 1.165) is 6.07 Å². The molecule has 0 aliphatic carbocycles. The van der Waals surface area contributed by atoms with Crippen LogP contribution in [0.1, 0.15) is 12.5 Å². The molecule has 0 bridgehead atoms. The molecule has 0 aliphatic rings. The number of pyridine rings is 1. The van der Waals surface area contributed by atoms with Gasteiger partial charge in [-0.25, -0.2) is 8.78 Å². The SMILES string of the molecule is COCCOc1cc2c(/C(C)=N\N)cnc(-c3ccc(O)cc3F)c2c(F)c1OC.